The SMILES string of the molecule is CCCC1CCC(C2CCC(c3ccc(OCC)c(F)c3Cl)CC2)CC1. The quantitative estimate of drug-likeness (QED) is 0.490. The zero-order valence-corrected chi connectivity index (χ0v) is 17.2. The Bertz CT molecular complexity index is 572. The van der Waals surface area contributed by atoms with E-state index in [2.05, 4.69) is 6.92 Å². The number of hydrogen-bond donors (Lipinski definition) is 0. The fourth-order valence-corrected chi connectivity index (χ4v) is 5.70. The van der Waals surface area contributed by atoms with Gasteiger partial charge in [0.15, 0.2) is 11.6 Å². The summed E-state index contributed by atoms with van der Waals surface area (Å²) >= 11 is 6.34. The molecule has 2 saturated carbocycles. The molecule has 0 unspecified atom stereocenters. The Hall–Kier alpha value is -0.760. The maximum atomic E-state index is 14.4. The highest BCUT2D eigenvalue weighted by Crippen LogP contribution is 2.46. The minimum absolute atomic E-state index is 0.277. The van der Waals surface area contributed by atoms with Crippen molar-refractivity contribution in [3.63, 3.8) is 0 Å². The number of ether oxygens (including phenoxy) is 1. The van der Waals surface area contributed by atoms with Gasteiger partial charge in [-0.05, 0) is 80.8 Å². The largest absolute Gasteiger partial charge is 0.491 e. The molecule has 1 aromatic carbocycles. The molecule has 0 amide bonds. The fourth-order valence-electron chi connectivity index (χ4n) is 5.39. The van der Waals surface area contributed by atoms with Crippen molar-refractivity contribution < 1.29 is 9.13 Å². The second kappa shape index (κ2) is 9.44. The van der Waals surface area contributed by atoms with Gasteiger partial charge in [0, 0.05) is 0 Å². The second-order valence-corrected chi connectivity index (χ2v) is 8.77. The van der Waals surface area contributed by atoms with Crippen LogP contribution in [0.2, 0.25) is 5.02 Å². The van der Waals surface area contributed by atoms with Crippen molar-refractivity contribution in [2.45, 2.75) is 84.0 Å². The molecule has 0 spiro atoms. The van der Waals surface area contributed by atoms with Crippen LogP contribution in [0.4, 0.5) is 4.39 Å². The maximum absolute atomic E-state index is 14.4. The summed E-state index contributed by atoms with van der Waals surface area (Å²) in [5, 5.41) is 0.277. The average molecular weight is 381 g/mol. The summed E-state index contributed by atoms with van der Waals surface area (Å²) in [6.07, 6.45) is 13.3. The molecule has 0 aromatic heterocycles. The Labute approximate surface area is 163 Å². The molecule has 1 nitrogen and oxygen atoms in total. The zero-order valence-electron chi connectivity index (χ0n) is 16.4. The van der Waals surface area contributed by atoms with E-state index in [0.29, 0.717) is 12.5 Å². The van der Waals surface area contributed by atoms with Crippen molar-refractivity contribution in [2.75, 3.05) is 6.61 Å². The molecule has 2 aliphatic rings. The summed E-state index contributed by atoms with van der Waals surface area (Å²) in [5.74, 6) is 3.08. The Morgan fingerprint density at radius 3 is 2.15 bits per heavy atom. The maximum Gasteiger partial charge on any atom is 0.183 e. The average Bonchev–Trinajstić information content (AvgIpc) is 2.67. The summed E-state index contributed by atoms with van der Waals surface area (Å²) in [7, 11) is 0. The molecule has 0 radical (unpaired) electrons. The fraction of sp³-hybridized carbons (Fsp3) is 0.739. The highest BCUT2D eigenvalue weighted by Gasteiger charge is 2.32. The van der Waals surface area contributed by atoms with E-state index >= 15 is 0 Å². The van der Waals surface area contributed by atoms with E-state index in [4.69, 9.17) is 16.3 Å². The first-order chi connectivity index (χ1) is 12.6. The molecular formula is C23H34ClFO. The van der Waals surface area contributed by atoms with Crippen LogP contribution in [0.25, 0.3) is 0 Å². The van der Waals surface area contributed by atoms with Gasteiger partial charge in [-0.1, -0.05) is 50.3 Å². The Balaban J connectivity index is 1.55. The van der Waals surface area contributed by atoms with E-state index in [1.807, 2.05) is 13.0 Å². The van der Waals surface area contributed by atoms with Crippen molar-refractivity contribution in [1.29, 1.82) is 0 Å². The lowest BCUT2D eigenvalue weighted by Crippen LogP contribution is -2.25. The van der Waals surface area contributed by atoms with Crippen LogP contribution in [-0.2, 0) is 0 Å². The van der Waals surface area contributed by atoms with Gasteiger partial charge < -0.3 is 4.74 Å². The van der Waals surface area contributed by atoms with Gasteiger partial charge in [0.05, 0.1) is 11.6 Å². The summed E-state index contributed by atoms with van der Waals surface area (Å²) in [6.45, 7) is 4.62. The third-order valence-corrected chi connectivity index (χ3v) is 7.23. The number of halogens is 2. The lowest BCUT2D eigenvalue weighted by atomic mass is 9.68. The zero-order chi connectivity index (χ0) is 18.5. The first-order valence-electron chi connectivity index (χ1n) is 10.7. The van der Waals surface area contributed by atoms with E-state index < -0.39 is 0 Å². The van der Waals surface area contributed by atoms with Crippen LogP contribution in [0.1, 0.15) is 89.5 Å². The van der Waals surface area contributed by atoms with Gasteiger partial charge in [-0.3, -0.25) is 0 Å². The minimum Gasteiger partial charge on any atom is -0.491 e. The van der Waals surface area contributed by atoms with E-state index in [1.54, 1.807) is 6.07 Å². The Morgan fingerprint density at radius 2 is 1.58 bits per heavy atom. The molecule has 0 saturated heterocycles. The Morgan fingerprint density at radius 1 is 0.962 bits per heavy atom. The molecule has 2 fully saturated rings. The van der Waals surface area contributed by atoms with Crippen LogP contribution in [0.15, 0.2) is 12.1 Å². The van der Waals surface area contributed by atoms with Gasteiger partial charge in [-0.25, -0.2) is 4.39 Å². The normalized spacial score (nSPS) is 29.5. The molecule has 1 aromatic rings. The van der Waals surface area contributed by atoms with Crippen LogP contribution >= 0.6 is 11.6 Å². The van der Waals surface area contributed by atoms with Gasteiger partial charge in [-0.2, -0.15) is 0 Å². The van der Waals surface area contributed by atoms with Crippen LogP contribution in [0, 0.1) is 23.6 Å². The van der Waals surface area contributed by atoms with Crippen molar-refractivity contribution >= 4 is 11.6 Å². The third kappa shape index (κ3) is 4.55. The molecular weight excluding hydrogens is 347 g/mol. The highest BCUT2D eigenvalue weighted by molar-refractivity contribution is 6.31. The van der Waals surface area contributed by atoms with E-state index in [0.717, 1.165) is 36.2 Å². The monoisotopic (exact) mass is 380 g/mol. The van der Waals surface area contributed by atoms with Gasteiger partial charge in [-0.15, -0.1) is 0 Å². The van der Waals surface area contributed by atoms with Gasteiger partial charge in [0.1, 0.15) is 0 Å². The summed E-state index contributed by atoms with van der Waals surface area (Å²) in [5.41, 5.74) is 0.984. The summed E-state index contributed by atoms with van der Waals surface area (Å²) < 4.78 is 19.7. The topological polar surface area (TPSA) is 9.23 Å². The second-order valence-electron chi connectivity index (χ2n) is 8.40. The highest BCUT2D eigenvalue weighted by atomic mass is 35.5. The van der Waals surface area contributed by atoms with Crippen LogP contribution in [0.3, 0.4) is 0 Å². The molecule has 2 aliphatic carbocycles. The molecule has 3 heteroatoms. The molecule has 0 bridgehead atoms. The molecule has 0 N–H and O–H groups in total. The first-order valence-corrected chi connectivity index (χ1v) is 11.1. The number of hydrogen-bond acceptors (Lipinski definition) is 1. The smallest absolute Gasteiger partial charge is 0.183 e. The predicted octanol–water partition coefficient (Wildman–Crippen LogP) is 7.76. The standard InChI is InChI=1S/C23H34ClFO/c1-3-5-16-6-8-17(9-7-16)18-10-12-19(13-11-18)20-14-15-21(26-4-2)23(25)22(20)24/h14-19H,3-13H2,1-2H3. The summed E-state index contributed by atoms with van der Waals surface area (Å²) in [6, 6.07) is 3.73. The van der Waals surface area contributed by atoms with Crippen molar-refractivity contribution in [3.05, 3.63) is 28.5 Å². The lowest BCUT2D eigenvalue weighted by Gasteiger charge is -2.38. The van der Waals surface area contributed by atoms with Crippen LogP contribution < -0.4 is 4.74 Å². The van der Waals surface area contributed by atoms with Gasteiger partial charge >= 0.3 is 0 Å². The van der Waals surface area contributed by atoms with E-state index in [1.165, 1.54) is 51.4 Å². The molecule has 0 atom stereocenters. The molecule has 0 heterocycles. The molecule has 3 rings (SSSR count). The van der Waals surface area contributed by atoms with Crippen molar-refractivity contribution in [1.82, 2.24) is 0 Å². The Kier molecular flexibility index (Phi) is 7.26. The van der Waals surface area contributed by atoms with Crippen LogP contribution in [-0.4, -0.2) is 6.61 Å². The third-order valence-electron chi connectivity index (χ3n) is 6.84. The van der Waals surface area contributed by atoms with Crippen LogP contribution in [0.5, 0.6) is 5.75 Å². The molecule has 146 valence electrons. The number of rotatable bonds is 6. The number of benzene rings is 1. The van der Waals surface area contributed by atoms with Gasteiger partial charge in [0.2, 0.25) is 0 Å². The minimum atomic E-state index is -0.387. The van der Waals surface area contributed by atoms with E-state index in [-0.39, 0.29) is 16.6 Å². The molecule has 0 aliphatic heterocycles. The lowest BCUT2D eigenvalue weighted by molar-refractivity contribution is 0.156. The van der Waals surface area contributed by atoms with Gasteiger partial charge in [0.25, 0.3) is 0 Å². The van der Waals surface area contributed by atoms with E-state index in [9.17, 15) is 4.39 Å². The first kappa shape index (κ1) is 20.0. The van der Waals surface area contributed by atoms with Crippen molar-refractivity contribution in [3.8, 4) is 5.75 Å². The predicted molar refractivity (Wildman–Crippen MR) is 108 cm³/mol. The molecule has 26 heavy (non-hydrogen) atoms. The summed E-state index contributed by atoms with van der Waals surface area (Å²) in [4.78, 5) is 0. The van der Waals surface area contributed by atoms with Crippen molar-refractivity contribution in [2.24, 2.45) is 17.8 Å².